The molecule has 1 N–H and O–H groups in total. The minimum atomic E-state index is 0.640. The minimum Gasteiger partial charge on any atom is -0.311 e. The van der Waals surface area contributed by atoms with Crippen molar-refractivity contribution < 1.29 is 0 Å². The van der Waals surface area contributed by atoms with Crippen LogP contribution in [-0.4, -0.2) is 12.1 Å². The molecule has 0 heterocycles. The molecule has 88 valence electrons. The van der Waals surface area contributed by atoms with Crippen molar-refractivity contribution in [1.82, 2.24) is 5.32 Å². The summed E-state index contributed by atoms with van der Waals surface area (Å²) in [5, 5.41) is 3.87. The zero-order chi connectivity index (χ0) is 10.9. The highest BCUT2D eigenvalue weighted by Gasteiger charge is 2.43. The average Bonchev–Trinajstić information content (AvgIpc) is 2.99. The van der Waals surface area contributed by atoms with Crippen molar-refractivity contribution in [3.63, 3.8) is 0 Å². The summed E-state index contributed by atoms with van der Waals surface area (Å²) in [6.07, 6.45) is 10.0. The Morgan fingerprint density at radius 1 is 1.20 bits per heavy atom. The van der Waals surface area contributed by atoms with E-state index in [1.807, 2.05) is 0 Å². The van der Waals surface area contributed by atoms with Crippen LogP contribution in [0.5, 0.6) is 0 Å². The van der Waals surface area contributed by atoms with E-state index in [9.17, 15) is 0 Å². The summed E-state index contributed by atoms with van der Waals surface area (Å²) in [5.74, 6) is 1.02. The molecule has 0 bridgehead atoms. The maximum atomic E-state index is 3.87. The summed E-state index contributed by atoms with van der Waals surface area (Å²) in [6.45, 7) is 7.16. The lowest BCUT2D eigenvalue weighted by molar-refractivity contribution is 0.246. The Balaban J connectivity index is 1.72. The Morgan fingerprint density at radius 2 is 1.80 bits per heavy atom. The van der Waals surface area contributed by atoms with Crippen molar-refractivity contribution in [3.8, 4) is 0 Å². The van der Waals surface area contributed by atoms with Gasteiger partial charge in [-0.2, -0.15) is 0 Å². The molecule has 1 nitrogen and oxygen atoms in total. The molecule has 0 aromatic rings. The van der Waals surface area contributed by atoms with Gasteiger partial charge in [0, 0.05) is 12.1 Å². The highest BCUT2D eigenvalue weighted by molar-refractivity contribution is 4.97. The predicted octanol–water partition coefficient (Wildman–Crippen LogP) is 3.73. The van der Waals surface area contributed by atoms with Crippen molar-refractivity contribution in [2.45, 2.75) is 77.8 Å². The number of hydrogen-bond donors (Lipinski definition) is 1. The molecule has 0 spiro atoms. The molecule has 2 saturated carbocycles. The zero-order valence-electron chi connectivity index (χ0n) is 10.7. The van der Waals surface area contributed by atoms with Crippen LogP contribution in [0.4, 0.5) is 0 Å². The van der Waals surface area contributed by atoms with Crippen LogP contribution in [0.1, 0.15) is 65.7 Å². The molecule has 0 aliphatic heterocycles. The Bertz CT molecular complexity index is 199. The Labute approximate surface area is 95.0 Å². The van der Waals surface area contributed by atoms with Gasteiger partial charge < -0.3 is 5.32 Å². The molecular weight excluding hydrogens is 182 g/mol. The van der Waals surface area contributed by atoms with Crippen LogP contribution < -0.4 is 5.32 Å². The van der Waals surface area contributed by atoms with Crippen molar-refractivity contribution in [2.75, 3.05) is 0 Å². The lowest BCUT2D eigenvalue weighted by atomic mass is 9.84. The molecule has 0 saturated heterocycles. The minimum absolute atomic E-state index is 0.640. The van der Waals surface area contributed by atoms with Gasteiger partial charge in [0.15, 0.2) is 0 Å². The largest absolute Gasteiger partial charge is 0.311 e. The SMILES string of the molecule is CCC1CCC(NC(C)C2(C)CC2)CC1. The summed E-state index contributed by atoms with van der Waals surface area (Å²) in [7, 11) is 0. The van der Waals surface area contributed by atoms with Crippen LogP contribution in [0.2, 0.25) is 0 Å². The Hall–Kier alpha value is -0.0400. The van der Waals surface area contributed by atoms with Gasteiger partial charge in [-0.15, -0.1) is 0 Å². The van der Waals surface area contributed by atoms with Crippen LogP contribution >= 0.6 is 0 Å². The van der Waals surface area contributed by atoms with Gasteiger partial charge in [0.1, 0.15) is 0 Å². The summed E-state index contributed by atoms with van der Waals surface area (Å²) in [5.41, 5.74) is 0.640. The van der Waals surface area contributed by atoms with Crippen molar-refractivity contribution >= 4 is 0 Å². The molecule has 0 aromatic heterocycles. The molecule has 1 atom stereocenters. The number of nitrogens with one attached hydrogen (secondary N) is 1. The lowest BCUT2D eigenvalue weighted by Gasteiger charge is -2.32. The van der Waals surface area contributed by atoms with E-state index in [1.165, 1.54) is 44.9 Å². The second-order valence-electron chi connectivity index (χ2n) is 6.17. The topological polar surface area (TPSA) is 12.0 Å². The molecule has 1 heteroatoms. The van der Waals surface area contributed by atoms with Crippen molar-refractivity contribution in [1.29, 1.82) is 0 Å². The molecule has 0 radical (unpaired) electrons. The third-order valence-electron chi connectivity index (χ3n) is 4.99. The van der Waals surface area contributed by atoms with Crippen molar-refractivity contribution in [2.24, 2.45) is 11.3 Å². The fourth-order valence-corrected chi connectivity index (χ4v) is 2.92. The second kappa shape index (κ2) is 4.45. The molecule has 2 aliphatic rings. The third kappa shape index (κ3) is 2.75. The molecular formula is C14H27N. The molecule has 2 fully saturated rings. The second-order valence-corrected chi connectivity index (χ2v) is 6.17. The van der Waals surface area contributed by atoms with Crippen LogP contribution in [0.15, 0.2) is 0 Å². The number of rotatable bonds is 4. The molecule has 2 aliphatic carbocycles. The van der Waals surface area contributed by atoms with Gasteiger partial charge in [0.25, 0.3) is 0 Å². The quantitative estimate of drug-likeness (QED) is 0.744. The normalized spacial score (nSPS) is 36.2. The molecule has 15 heavy (non-hydrogen) atoms. The van der Waals surface area contributed by atoms with E-state index in [2.05, 4.69) is 26.1 Å². The maximum absolute atomic E-state index is 3.87. The first kappa shape index (κ1) is 11.4. The van der Waals surface area contributed by atoms with E-state index >= 15 is 0 Å². The van der Waals surface area contributed by atoms with Gasteiger partial charge in [-0.25, -0.2) is 0 Å². The Morgan fingerprint density at radius 3 is 2.27 bits per heavy atom. The maximum Gasteiger partial charge on any atom is 0.00951 e. The van der Waals surface area contributed by atoms with E-state index in [1.54, 1.807) is 0 Å². The van der Waals surface area contributed by atoms with Crippen LogP contribution in [0.25, 0.3) is 0 Å². The summed E-state index contributed by atoms with van der Waals surface area (Å²) in [4.78, 5) is 0. The number of hydrogen-bond acceptors (Lipinski definition) is 1. The fraction of sp³-hybridized carbons (Fsp3) is 1.00. The monoisotopic (exact) mass is 209 g/mol. The first-order valence-electron chi connectivity index (χ1n) is 6.90. The van der Waals surface area contributed by atoms with Crippen LogP contribution in [-0.2, 0) is 0 Å². The molecule has 0 amide bonds. The van der Waals surface area contributed by atoms with E-state index in [-0.39, 0.29) is 0 Å². The standard InChI is InChI=1S/C14H27N/c1-4-12-5-7-13(8-6-12)15-11(2)14(3)9-10-14/h11-13,15H,4-10H2,1-3H3. The van der Waals surface area contributed by atoms with E-state index in [0.29, 0.717) is 5.41 Å². The first-order chi connectivity index (χ1) is 7.14. The Kier molecular flexibility index (Phi) is 3.39. The molecule has 2 rings (SSSR count). The summed E-state index contributed by atoms with van der Waals surface area (Å²) < 4.78 is 0. The predicted molar refractivity (Wildman–Crippen MR) is 66.0 cm³/mol. The van der Waals surface area contributed by atoms with Gasteiger partial charge in [0.05, 0.1) is 0 Å². The third-order valence-corrected chi connectivity index (χ3v) is 4.99. The van der Waals surface area contributed by atoms with Gasteiger partial charge >= 0.3 is 0 Å². The van der Waals surface area contributed by atoms with E-state index in [4.69, 9.17) is 0 Å². The highest BCUT2D eigenvalue weighted by atomic mass is 15.0. The van der Waals surface area contributed by atoms with Crippen molar-refractivity contribution in [3.05, 3.63) is 0 Å². The van der Waals surface area contributed by atoms with E-state index < -0.39 is 0 Å². The van der Waals surface area contributed by atoms with Gasteiger partial charge in [-0.1, -0.05) is 20.3 Å². The van der Waals surface area contributed by atoms with Gasteiger partial charge in [-0.3, -0.25) is 0 Å². The van der Waals surface area contributed by atoms with E-state index in [0.717, 1.165) is 18.0 Å². The molecule has 1 unspecified atom stereocenters. The highest BCUT2D eigenvalue weighted by Crippen LogP contribution is 2.48. The van der Waals surface area contributed by atoms with Crippen LogP contribution in [0, 0.1) is 11.3 Å². The first-order valence-corrected chi connectivity index (χ1v) is 6.90. The van der Waals surface area contributed by atoms with Crippen LogP contribution in [0.3, 0.4) is 0 Å². The fourth-order valence-electron chi connectivity index (χ4n) is 2.92. The van der Waals surface area contributed by atoms with Gasteiger partial charge in [0.2, 0.25) is 0 Å². The molecule has 0 aromatic carbocycles. The smallest absolute Gasteiger partial charge is 0.00951 e. The summed E-state index contributed by atoms with van der Waals surface area (Å²) in [6, 6.07) is 1.56. The average molecular weight is 209 g/mol. The summed E-state index contributed by atoms with van der Waals surface area (Å²) >= 11 is 0. The van der Waals surface area contributed by atoms with Gasteiger partial charge in [-0.05, 0) is 56.8 Å². The lowest BCUT2D eigenvalue weighted by Crippen LogP contribution is -2.42. The zero-order valence-corrected chi connectivity index (χ0v) is 10.7.